The summed E-state index contributed by atoms with van der Waals surface area (Å²) in [6.07, 6.45) is 0.742. The normalized spacial score (nSPS) is 12.7. The van der Waals surface area contributed by atoms with Crippen LogP contribution in [0.1, 0.15) is 50.8 Å². The predicted molar refractivity (Wildman–Crippen MR) is 162 cm³/mol. The van der Waals surface area contributed by atoms with Gasteiger partial charge >= 0.3 is 0 Å². The van der Waals surface area contributed by atoms with Gasteiger partial charge in [0.1, 0.15) is 18.3 Å². The van der Waals surface area contributed by atoms with Crippen molar-refractivity contribution >= 4 is 27.5 Å². The van der Waals surface area contributed by atoms with Gasteiger partial charge in [0.2, 0.25) is 11.8 Å². The van der Waals surface area contributed by atoms with Crippen molar-refractivity contribution in [2.45, 2.75) is 71.5 Å². The van der Waals surface area contributed by atoms with Gasteiger partial charge in [0.25, 0.3) is 10.0 Å². The zero-order chi connectivity index (χ0) is 30.2. The van der Waals surface area contributed by atoms with Gasteiger partial charge in [0.15, 0.2) is 0 Å². The van der Waals surface area contributed by atoms with E-state index in [1.807, 2.05) is 58.9 Å². The standard InChI is InChI=1S/C32H41N3O5S/c1-7-25(5)33-32(37)26(6)34(21-27-11-9-10-24(4)20-27)31(36)22-35(28-14-12-23(3)13-15-28)41(38,39)30-18-16-29(17-19-30)40-8-2/h9-20,25-26H,7-8,21-22H2,1-6H3,(H,33,37). The van der Waals surface area contributed by atoms with E-state index >= 15 is 0 Å². The molecule has 8 nitrogen and oxygen atoms in total. The fraction of sp³-hybridized carbons (Fsp3) is 0.375. The third-order valence-corrected chi connectivity index (χ3v) is 8.72. The molecule has 0 aliphatic carbocycles. The highest BCUT2D eigenvalue weighted by Gasteiger charge is 2.32. The van der Waals surface area contributed by atoms with Gasteiger partial charge in [-0.15, -0.1) is 0 Å². The van der Waals surface area contributed by atoms with E-state index in [0.29, 0.717) is 18.0 Å². The van der Waals surface area contributed by atoms with E-state index in [0.717, 1.165) is 27.4 Å². The smallest absolute Gasteiger partial charge is 0.264 e. The monoisotopic (exact) mass is 579 g/mol. The lowest BCUT2D eigenvalue weighted by Gasteiger charge is -2.32. The fourth-order valence-corrected chi connectivity index (χ4v) is 5.71. The second kappa shape index (κ2) is 14.2. The lowest BCUT2D eigenvalue weighted by molar-refractivity contribution is -0.139. The summed E-state index contributed by atoms with van der Waals surface area (Å²) in [7, 11) is -4.15. The maximum absolute atomic E-state index is 14.0. The molecule has 0 heterocycles. The van der Waals surface area contributed by atoms with Gasteiger partial charge < -0.3 is 15.0 Å². The zero-order valence-corrected chi connectivity index (χ0v) is 25.6. The van der Waals surface area contributed by atoms with Crippen LogP contribution in [-0.2, 0) is 26.2 Å². The first-order valence-corrected chi connectivity index (χ1v) is 15.4. The van der Waals surface area contributed by atoms with E-state index in [2.05, 4.69) is 5.32 Å². The van der Waals surface area contributed by atoms with Gasteiger partial charge in [0.05, 0.1) is 17.2 Å². The van der Waals surface area contributed by atoms with Crippen LogP contribution in [0.15, 0.2) is 77.7 Å². The molecule has 0 saturated heterocycles. The Morgan fingerprint density at radius 2 is 1.56 bits per heavy atom. The molecule has 0 fully saturated rings. The summed E-state index contributed by atoms with van der Waals surface area (Å²) in [4.78, 5) is 28.7. The molecule has 220 valence electrons. The van der Waals surface area contributed by atoms with Crippen molar-refractivity contribution in [1.29, 1.82) is 0 Å². The Kier molecular flexibility index (Phi) is 10.9. The number of nitrogens with zero attached hydrogens (tertiary/aromatic N) is 2. The first-order chi connectivity index (χ1) is 19.5. The lowest BCUT2D eigenvalue weighted by Crippen LogP contribution is -2.52. The number of aryl methyl sites for hydroxylation is 2. The molecule has 1 N–H and O–H groups in total. The van der Waals surface area contributed by atoms with Crippen molar-refractivity contribution in [3.8, 4) is 5.75 Å². The van der Waals surface area contributed by atoms with Gasteiger partial charge in [-0.1, -0.05) is 54.4 Å². The highest BCUT2D eigenvalue weighted by Crippen LogP contribution is 2.26. The third kappa shape index (κ3) is 8.33. The maximum Gasteiger partial charge on any atom is 0.264 e. The second-order valence-electron chi connectivity index (χ2n) is 10.3. The molecular formula is C32H41N3O5S. The fourth-order valence-electron chi connectivity index (χ4n) is 4.30. The molecule has 0 bridgehead atoms. The molecule has 2 amide bonds. The molecule has 3 rings (SSSR count). The summed E-state index contributed by atoms with van der Waals surface area (Å²) >= 11 is 0. The molecule has 41 heavy (non-hydrogen) atoms. The van der Waals surface area contributed by atoms with Crippen molar-refractivity contribution in [3.05, 3.63) is 89.5 Å². The Hall–Kier alpha value is -3.85. The molecule has 0 aromatic heterocycles. The summed E-state index contributed by atoms with van der Waals surface area (Å²) < 4.78 is 34.5. The number of nitrogens with one attached hydrogen (secondary N) is 1. The van der Waals surface area contributed by atoms with Crippen molar-refractivity contribution in [3.63, 3.8) is 0 Å². The summed E-state index contributed by atoms with van der Waals surface area (Å²) in [6, 6.07) is 19.9. The minimum Gasteiger partial charge on any atom is -0.494 e. The number of hydrogen-bond acceptors (Lipinski definition) is 5. The SMILES string of the molecule is CCOc1ccc(S(=O)(=O)N(CC(=O)N(Cc2cccc(C)c2)C(C)C(=O)NC(C)CC)c2ccc(C)cc2)cc1. The van der Waals surface area contributed by atoms with E-state index in [4.69, 9.17) is 4.74 Å². The second-order valence-corrected chi connectivity index (χ2v) is 12.1. The number of benzene rings is 3. The first-order valence-electron chi connectivity index (χ1n) is 13.9. The quantitative estimate of drug-likeness (QED) is 0.299. The van der Waals surface area contributed by atoms with Crippen molar-refractivity contribution in [2.24, 2.45) is 0 Å². The molecule has 3 aromatic rings. The van der Waals surface area contributed by atoms with Crippen molar-refractivity contribution < 1.29 is 22.7 Å². The van der Waals surface area contributed by atoms with Gasteiger partial charge in [-0.05, 0) is 83.0 Å². The average Bonchev–Trinajstić information content (AvgIpc) is 2.95. The molecule has 9 heteroatoms. The number of anilines is 1. The van der Waals surface area contributed by atoms with Gasteiger partial charge in [-0.25, -0.2) is 8.42 Å². The minimum absolute atomic E-state index is 0.0297. The molecule has 0 spiro atoms. The van der Waals surface area contributed by atoms with E-state index in [1.165, 1.54) is 17.0 Å². The van der Waals surface area contributed by atoms with Gasteiger partial charge in [-0.3, -0.25) is 13.9 Å². The summed E-state index contributed by atoms with van der Waals surface area (Å²) in [5, 5.41) is 2.95. The Morgan fingerprint density at radius 1 is 0.902 bits per heavy atom. The van der Waals surface area contributed by atoms with E-state index in [-0.39, 0.29) is 23.4 Å². The van der Waals surface area contributed by atoms with Crippen LogP contribution < -0.4 is 14.4 Å². The maximum atomic E-state index is 14.0. The number of sulfonamides is 1. The topological polar surface area (TPSA) is 96.0 Å². The summed E-state index contributed by atoms with van der Waals surface area (Å²) in [5.41, 5.74) is 3.17. The molecular weight excluding hydrogens is 538 g/mol. The molecule has 2 atom stereocenters. The van der Waals surface area contributed by atoms with E-state index < -0.39 is 28.5 Å². The predicted octanol–water partition coefficient (Wildman–Crippen LogP) is 5.23. The molecule has 0 aliphatic rings. The molecule has 0 aliphatic heterocycles. The number of ether oxygens (including phenoxy) is 1. The van der Waals surface area contributed by atoms with Gasteiger partial charge in [0, 0.05) is 12.6 Å². The average molecular weight is 580 g/mol. The van der Waals surface area contributed by atoms with Crippen LogP contribution in [0.25, 0.3) is 0 Å². The van der Waals surface area contributed by atoms with E-state index in [9.17, 15) is 18.0 Å². The van der Waals surface area contributed by atoms with Crippen LogP contribution in [0.3, 0.4) is 0 Å². The molecule has 3 aromatic carbocycles. The third-order valence-electron chi connectivity index (χ3n) is 6.93. The molecule has 0 saturated carbocycles. The summed E-state index contributed by atoms with van der Waals surface area (Å²) in [5.74, 6) is -0.236. The number of hydrogen-bond donors (Lipinski definition) is 1. The first kappa shape index (κ1) is 31.7. The lowest BCUT2D eigenvalue weighted by atomic mass is 10.1. The number of amides is 2. The molecule has 2 unspecified atom stereocenters. The van der Waals surface area contributed by atoms with Crippen molar-refractivity contribution in [2.75, 3.05) is 17.5 Å². The minimum atomic E-state index is -4.15. The van der Waals surface area contributed by atoms with Gasteiger partial charge in [-0.2, -0.15) is 0 Å². The van der Waals surface area contributed by atoms with Crippen LogP contribution in [0.2, 0.25) is 0 Å². The van der Waals surface area contributed by atoms with Crippen LogP contribution in [0.4, 0.5) is 5.69 Å². The zero-order valence-electron chi connectivity index (χ0n) is 24.8. The van der Waals surface area contributed by atoms with Crippen molar-refractivity contribution in [1.82, 2.24) is 10.2 Å². The van der Waals surface area contributed by atoms with Crippen LogP contribution in [-0.4, -0.2) is 50.4 Å². The Bertz CT molecular complexity index is 1420. The highest BCUT2D eigenvalue weighted by molar-refractivity contribution is 7.92. The van der Waals surface area contributed by atoms with E-state index in [1.54, 1.807) is 43.3 Å². The highest BCUT2D eigenvalue weighted by atomic mass is 32.2. The summed E-state index contributed by atoms with van der Waals surface area (Å²) in [6.45, 7) is 11.4. The number of carbonyl (C=O) groups excluding carboxylic acids is 2. The number of rotatable bonds is 13. The number of carbonyl (C=O) groups is 2. The van der Waals surface area contributed by atoms with Crippen LogP contribution in [0.5, 0.6) is 5.75 Å². The molecule has 0 radical (unpaired) electrons. The largest absolute Gasteiger partial charge is 0.494 e. The van der Waals surface area contributed by atoms with Crippen LogP contribution >= 0.6 is 0 Å². The Balaban J connectivity index is 2.01. The van der Waals surface area contributed by atoms with Crippen LogP contribution in [0, 0.1) is 13.8 Å². The Morgan fingerprint density at radius 3 is 2.15 bits per heavy atom. The Labute approximate surface area is 244 Å².